The number of aliphatic hydroxyl groups excluding tert-OH is 1. The van der Waals surface area contributed by atoms with E-state index in [9.17, 15) is 9.90 Å². The van der Waals surface area contributed by atoms with Gasteiger partial charge in [-0.1, -0.05) is 46.8 Å². The third kappa shape index (κ3) is 4.45. The first-order valence-corrected chi connectivity index (χ1v) is 6.57. The fraction of sp³-hybridized carbons (Fsp3) is 0.800. The molecule has 0 saturated carbocycles. The Bertz CT molecular complexity index is 292. The van der Waals surface area contributed by atoms with Crippen LogP contribution in [0.15, 0.2) is 12.2 Å². The van der Waals surface area contributed by atoms with Gasteiger partial charge in [0, 0.05) is 12.5 Å². The molecular weight excluding hydrogens is 228 g/mol. The number of rotatable bonds is 7. The molecule has 0 saturated heterocycles. The minimum atomic E-state index is -0.216. The van der Waals surface area contributed by atoms with Crippen LogP contribution in [0, 0.1) is 23.2 Å². The van der Waals surface area contributed by atoms with E-state index in [1.165, 1.54) is 0 Å². The molecule has 1 N–H and O–H groups in total. The average Bonchev–Trinajstić information content (AvgIpc) is 2.27. The van der Waals surface area contributed by atoms with E-state index >= 15 is 0 Å². The van der Waals surface area contributed by atoms with Gasteiger partial charge in [0.15, 0.2) is 0 Å². The standard InChI is InChI=1S/C15H28O3/c1-10(2)12(5)15(6,7)13(8-16)9-18-14(17)11(3)4/h11-13,16H,1,8-9H2,2-7H3. The lowest BCUT2D eigenvalue weighted by Gasteiger charge is -2.38. The molecule has 3 heteroatoms. The predicted molar refractivity (Wildman–Crippen MR) is 74.1 cm³/mol. The van der Waals surface area contributed by atoms with Gasteiger partial charge in [0.1, 0.15) is 0 Å². The Balaban J connectivity index is 4.66. The van der Waals surface area contributed by atoms with Crippen LogP contribution in [0.3, 0.4) is 0 Å². The molecule has 0 heterocycles. The van der Waals surface area contributed by atoms with Crippen molar-refractivity contribution in [3.63, 3.8) is 0 Å². The predicted octanol–water partition coefficient (Wildman–Crippen LogP) is 3.03. The zero-order valence-electron chi connectivity index (χ0n) is 12.6. The number of allylic oxidation sites excluding steroid dienone is 1. The fourth-order valence-corrected chi connectivity index (χ4v) is 1.84. The molecule has 0 aromatic carbocycles. The normalized spacial score (nSPS) is 15.3. The van der Waals surface area contributed by atoms with E-state index in [1.807, 2.05) is 6.92 Å². The third-order valence-electron chi connectivity index (χ3n) is 4.03. The number of hydrogen-bond donors (Lipinski definition) is 1. The summed E-state index contributed by atoms with van der Waals surface area (Å²) in [5.74, 6) is -0.169. The summed E-state index contributed by atoms with van der Waals surface area (Å²) in [6.07, 6.45) is 0. The quantitative estimate of drug-likeness (QED) is 0.562. The van der Waals surface area contributed by atoms with Gasteiger partial charge in [-0.05, 0) is 18.3 Å². The molecule has 0 amide bonds. The maximum absolute atomic E-state index is 11.5. The summed E-state index contributed by atoms with van der Waals surface area (Å²) in [7, 11) is 0. The second-order valence-corrected chi connectivity index (χ2v) is 6.05. The zero-order valence-corrected chi connectivity index (χ0v) is 12.6. The summed E-state index contributed by atoms with van der Waals surface area (Å²) < 4.78 is 5.24. The molecule has 0 rings (SSSR count). The lowest BCUT2D eigenvalue weighted by molar-refractivity contribution is -0.151. The Morgan fingerprint density at radius 2 is 1.83 bits per heavy atom. The molecule has 0 radical (unpaired) electrons. The van der Waals surface area contributed by atoms with E-state index in [0.717, 1.165) is 5.57 Å². The first-order valence-electron chi connectivity index (χ1n) is 6.57. The van der Waals surface area contributed by atoms with Gasteiger partial charge in [-0.25, -0.2) is 0 Å². The van der Waals surface area contributed by atoms with Crippen molar-refractivity contribution in [1.82, 2.24) is 0 Å². The van der Waals surface area contributed by atoms with Crippen molar-refractivity contribution >= 4 is 5.97 Å². The molecule has 0 aliphatic heterocycles. The lowest BCUT2D eigenvalue weighted by atomic mass is 9.68. The third-order valence-corrected chi connectivity index (χ3v) is 4.03. The van der Waals surface area contributed by atoms with Crippen molar-refractivity contribution in [2.45, 2.75) is 41.5 Å². The molecule has 106 valence electrons. The highest BCUT2D eigenvalue weighted by Gasteiger charge is 2.35. The van der Waals surface area contributed by atoms with Crippen LogP contribution >= 0.6 is 0 Å². The van der Waals surface area contributed by atoms with Gasteiger partial charge in [-0.2, -0.15) is 0 Å². The van der Waals surface area contributed by atoms with Gasteiger partial charge in [-0.3, -0.25) is 4.79 Å². The van der Waals surface area contributed by atoms with Crippen molar-refractivity contribution in [3.05, 3.63) is 12.2 Å². The molecule has 2 atom stereocenters. The molecule has 0 aliphatic carbocycles. The number of esters is 1. The summed E-state index contributed by atoms with van der Waals surface area (Å²) >= 11 is 0. The van der Waals surface area contributed by atoms with E-state index in [-0.39, 0.29) is 42.4 Å². The van der Waals surface area contributed by atoms with Gasteiger partial charge in [0.05, 0.1) is 12.5 Å². The van der Waals surface area contributed by atoms with Gasteiger partial charge in [0.25, 0.3) is 0 Å². The van der Waals surface area contributed by atoms with Crippen molar-refractivity contribution < 1.29 is 14.6 Å². The van der Waals surface area contributed by atoms with Gasteiger partial charge in [-0.15, -0.1) is 0 Å². The molecule has 0 aliphatic rings. The molecule has 2 unspecified atom stereocenters. The topological polar surface area (TPSA) is 46.5 Å². The van der Waals surface area contributed by atoms with E-state index in [2.05, 4.69) is 27.4 Å². The molecular formula is C15H28O3. The molecule has 3 nitrogen and oxygen atoms in total. The van der Waals surface area contributed by atoms with Crippen LogP contribution < -0.4 is 0 Å². The maximum atomic E-state index is 11.5. The van der Waals surface area contributed by atoms with E-state index in [4.69, 9.17) is 4.74 Å². The molecule has 0 aromatic rings. The second-order valence-electron chi connectivity index (χ2n) is 6.05. The van der Waals surface area contributed by atoms with Crippen LogP contribution in [0.5, 0.6) is 0 Å². The Labute approximate surface area is 111 Å². The Hall–Kier alpha value is -0.830. The summed E-state index contributed by atoms with van der Waals surface area (Å²) in [6.45, 7) is 16.1. The zero-order chi connectivity index (χ0) is 14.5. The van der Waals surface area contributed by atoms with E-state index in [1.54, 1.807) is 13.8 Å². The van der Waals surface area contributed by atoms with Crippen molar-refractivity contribution in [3.8, 4) is 0 Å². The number of aliphatic hydroxyl groups is 1. The van der Waals surface area contributed by atoms with Crippen molar-refractivity contribution in [2.24, 2.45) is 23.2 Å². The van der Waals surface area contributed by atoms with E-state index < -0.39 is 0 Å². The Morgan fingerprint density at radius 3 is 2.17 bits per heavy atom. The van der Waals surface area contributed by atoms with E-state index in [0.29, 0.717) is 0 Å². The Kier molecular flexibility index (Phi) is 6.61. The number of ether oxygens (including phenoxy) is 1. The first-order chi connectivity index (χ1) is 8.14. The summed E-state index contributed by atoms with van der Waals surface area (Å²) in [6, 6.07) is 0. The minimum Gasteiger partial charge on any atom is -0.465 e. The fourth-order valence-electron chi connectivity index (χ4n) is 1.84. The second kappa shape index (κ2) is 6.93. The molecule has 0 aromatic heterocycles. The molecule has 18 heavy (non-hydrogen) atoms. The highest BCUT2D eigenvalue weighted by Crippen LogP contribution is 2.38. The lowest BCUT2D eigenvalue weighted by Crippen LogP contribution is -2.37. The van der Waals surface area contributed by atoms with Crippen molar-refractivity contribution in [1.29, 1.82) is 0 Å². The van der Waals surface area contributed by atoms with Gasteiger partial charge in [0.2, 0.25) is 0 Å². The van der Waals surface area contributed by atoms with Crippen molar-refractivity contribution in [2.75, 3.05) is 13.2 Å². The SMILES string of the molecule is C=C(C)C(C)C(C)(C)C(CO)COC(=O)C(C)C. The molecule has 0 fully saturated rings. The molecule has 0 spiro atoms. The van der Waals surface area contributed by atoms with Crippen LogP contribution in [0.4, 0.5) is 0 Å². The number of carbonyl (C=O) groups excluding carboxylic acids is 1. The highest BCUT2D eigenvalue weighted by molar-refractivity contribution is 5.71. The van der Waals surface area contributed by atoms with Crippen LogP contribution in [0.2, 0.25) is 0 Å². The van der Waals surface area contributed by atoms with Crippen LogP contribution in [0.25, 0.3) is 0 Å². The molecule has 0 bridgehead atoms. The summed E-state index contributed by atoms with van der Waals surface area (Å²) in [5, 5.41) is 9.52. The highest BCUT2D eigenvalue weighted by atomic mass is 16.5. The average molecular weight is 256 g/mol. The Morgan fingerprint density at radius 1 is 1.33 bits per heavy atom. The monoisotopic (exact) mass is 256 g/mol. The largest absolute Gasteiger partial charge is 0.465 e. The first kappa shape index (κ1) is 17.2. The smallest absolute Gasteiger partial charge is 0.308 e. The van der Waals surface area contributed by atoms with Gasteiger partial charge < -0.3 is 9.84 Å². The maximum Gasteiger partial charge on any atom is 0.308 e. The summed E-state index contributed by atoms with van der Waals surface area (Å²) in [4.78, 5) is 11.5. The minimum absolute atomic E-state index is 0.00992. The van der Waals surface area contributed by atoms with Crippen LogP contribution in [-0.4, -0.2) is 24.3 Å². The van der Waals surface area contributed by atoms with Crippen LogP contribution in [0.1, 0.15) is 41.5 Å². The van der Waals surface area contributed by atoms with Crippen LogP contribution in [-0.2, 0) is 9.53 Å². The number of hydrogen-bond acceptors (Lipinski definition) is 3. The number of carbonyl (C=O) groups is 1. The van der Waals surface area contributed by atoms with Gasteiger partial charge >= 0.3 is 5.97 Å². The summed E-state index contributed by atoms with van der Waals surface area (Å²) in [5.41, 5.74) is 0.923.